The lowest BCUT2D eigenvalue weighted by Crippen LogP contribution is -2.41. The van der Waals surface area contributed by atoms with Crippen LogP contribution in [-0.2, 0) is 23.2 Å². The monoisotopic (exact) mass is 443 g/mol. The first-order valence-electron chi connectivity index (χ1n) is 11.0. The molecular weight excluding hydrogens is 414 g/mol. The molecule has 2 heterocycles. The van der Waals surface area contributed by atoms with Gasteiger partial charge in [0.05, 0.1) is 23.9 Å². The van der Waals surface area contributed by atoms with E-state index in [9.17, 15) is 14.7 Å². The highest BCUT2D eigenvalue weighted by Crippen LogP contribution is 2.35. The number of aryl methyl sites for hydroxylation is 2. The summed E-state index contributed by atoms with van der Waals surface area (Å²) in [6.07, 6.45) is 4.38. The second-order valence-corrected chi connectivity index (χ2v) is 8.63. The van der Waals surface area contributed by atoms with E-state index >= 15 is 0 Å². The lowest BCUT2D eigenvalue weighted by atomic mass is 9.74. The van der Waals surface area contributed by atoms with E-state index in [2.05, 4.69) is 15.3 Å². The molecule has 1 N–H and O–H groups in total. The number of rotatable bonds is 8. The number of ether oxygens (including phenoxy) is 2. The molecule has 2 aromatic heterocycles. The maximum atomic E-state index is 12.3. The Morgan fingerprint density at radius 1 is 1.25 bits per heavy atom. The van der Waals surface area contributed by atoms with Crippen molar-refractivity contribution in [3.63, 3.8) is 0 Å². The number of carboxylic acids is 1. The Labute approximate surface area is 186 Å². The number of carbonyl (C=O) groups excluding carboxylic acids is 1. The molecule has 0 radical (unpaired) electrons. The molecule has 2 saturated carbocycles. The van der Waals surface area contributed by atoms with Gasteiger partial charge in [-0.2, -0.15) is 0 Å². The van der Waals surface area contributed by atoms with Gasteiger partial charge in [0.1, 0.15) is 23.7 Å². The van der Waals surface area contributed by atoms with Gasteiger partial charge < -0.3 is 19.5 Å². The number of carbonyl (C=O) groups is 2. The highest BCUT2D eigenvalue weighted by atomic mass is 16.6. The van der Waals surface area contributed by atoms with Crippen molar-refractivity contribution in [2.24, 2.45) is 18.9 Å². The molecule has 0 spiro atoms. The third-order valence-electron chi connectivity index (χ3n) is 6.65. The van der Waals surface area contributed by atoms with Crippen molar-refractivity contribution >= 4 is 12.1 Å². The molecule has 0 saturated heterocycles. The van der Waals surface area contributed by atoms with E-state index in [-0.39, 0.29) is 30.6 Å². The van der Waals surface area contributed by atoms with E-state index in [1.165, 1.54) is 0 Å². The Hall–Kier alpha value is -3.17. The maximum Gasteiger partial charge on any atom is 0.410 e. The molecule has 1 amide bonds. The van der Waals surface area contributed by atoms with Crippen LogP contribution in [0.3, 0.4) is 0 Å². The fourth-order valence-corrected chi connectivity index (χ4v) is 4.02. The van der Waals surface area contributed by atoms with Crippen LogP contribution in [0.15, 0.2) is 12.1 Å². The van der Waals surface area contributed by atoms with E-state index < -0.39 is 5.97 Å². The Kier molecular flexibility index (Phi) is 6.29. The highest BCUT2D eigenvalue weighted by molar-refractivity contribution is 5.71. The Morgan fingerprint density at radius 3 is 2.62 bits per heavy atom. The van der Waals surface area contributed by atoms with E-state index in [0.29, 0.717) is 41.6 Å². The number of aromatic nitrogens is 4. The molecule has 2 fully saturated rings. The van der Waals surface area contributed by atoms with Crippen LogP contribution in [0, 0.1) is 18.8 Å². The molecule has 0 unspecified atom stereocenters. The summed E-state index contributed by atoms with van der Waals surface area (Å²) in [6.45, 7) is 2.24. The van der Waals surface area contributed by atoms with Crippen molar-refractivity contribution in [3.05, 3.63) is 23.5 Å². The summed E-state index contributed by atoms with van der Waals surface area (Å²) in [5.41, 5.74) is 2.48. The zero-order valence-corrected chi connectivity index (χ0v) is 18.7. The average molecular weight is 444 g/mol. The first kappa shape index (κ1) is 22.0. The topological polar surface area (TPSA) is 120 Å². The molecule has 10 nitrogen and oxygen atoms in total. The second kappa shape index (κ2) is 9.13. The molecule has 0 aromatic carbocycles. The maximum absolute atomic E-state index is 12.3. The van der Waals surface area contributed by atoms with Gasteiger partial charge in [-0.3, -0.25) is 4.79 Å². The van der Waals surface area contributed by atoms with Crippen molar-refractivity contribution in [1.82, 2.24) is 24.9 Å². The molecule has 10 heteroatoms. The lowest BCUT2D eigenvalue weighted by molar-refractivity contribution is -0.148. The van der Waals surface area contributed by atoms with Crippen molar-refractivity contribution in [2.45, 2.75) is 51.7 Å². The summed E-state index contributed by atoms with van der Waals surface area (Å²) < 4.78 is 12.9. The smallest absolute Gasteiger partial charge is 0.410 e. The predicted molar refractivity (Wildman–Crippen MR) is 114 cm³/mol. The molecule has 4 rings (SSSR count). The fourth-order valence-electron chi connectivity index (χ4n) is 4.02. The summed E-state index contributed by atoms with van der Waals surface area (Å²) >= 11 is 0. The van der Waals surface area contributed by atoms with Crippen molar-refractivity contribution in [2.75, 3.05) is 13.7 Å². The van der Waals surface area contributed by atoms with Crippen molar-refractivity contribution in [3.8, 4) is 17.1 Å². The van der Waals surface area contributed by atoms with Gasteiger partial charge >= 0.3 is 12.1 Å². The van der Waals surface area contributed by atoms with Crippen LogP contribution in [-0.4, -0.2) is 61.7 Å². The first-order chi connectivity index (χ1) is 15.3. The Balaban J connectivity index is 1.41. The minimum atomic E-state index is -0.759. The van der Waals surface area contributed by atoms with Gasteiger partial charge in [-0.25, -0.2) is 14.5 Å². The van der Waals surface area contributed by atoms with E-state index in [1.54, 1.807) is 35.8 Å². The minimum Gasteiger partial charge on any atom is -0.491 e. The zero-order valence-electron chi connectivity index (χ0n) is 18.7. The Bertz CT molecular complexity index is 1000. The van der Waals surface area contributed by atoms with Crippen molar-refractivity contribution in [1.29, 1.82) is 0 Å². The van der Waals surface area contributed by atoms with Gasteiger partial charge in [0.25, 0.3) is 0 Å². The lowest BCUT2D eigenvalue weighted by Gasteiger charge is -2.33. The van der Waals surface area contributed by atoms with Crippen LogP contribution in [0.5, 0.6) is 5.75 Å². The van der Waals surface area contributed by atoms with Gasteiger partial charge in [-0.1, -0.05) is 5.21 Å². The molecule has 2 aliphatic rings. The molecule has 0 aliphatic heterocycles. The molecular formula is C22H29N5O5. The van der Waals surface area contributed by atoms with Crippen LogP contribution in [0.1, 0.15) is 43.5 Å². The van der Waals surface area contributed by atoms with Gasteiger partial charge in [0.15, 0.2) is 0 Å². The largest absolute Gasteiger partial charge is 0.491 e. The van der Waals surface area contributed by atoms with Crippen LogP contribution < -0.4 is 4.74 Å². The summed E-state index contributed by atoms with van der Waals surface area (Å²) in [5.74, 6) is -0.435. The average Bonchev–Trinajstić information content (AvgIpc) is 3.05. The van der Waals surface area contributed by atoms with E-state index in [1.807, 2.05) is 6.92 Å². The van der Waals surface area contributed by atoms with Gasteiger partial charge in [-0.05, 0) is 51.2 Å². The third-order valence-corrected chi connectivity index (χ3v) is 6.65. The van der Waals surface area contributed by atoms with Gasteiger partial charge in [0, 0.05) is 26.1 Å². The summed E-state index contributed by atoms with van der Waals surface area (Å²) in [5, 5.41) is 17.5. The minimum absolute atomic E-state index is 0.0333. The summed E-state index contributed by atoms with van der Waals surface area (Å²) in [7, 11) is 3.51. The van der Waals surface area contributed by atoms with Crippen LogP contribution in [0.2, 0.25) is 0 Å². The van der Waals surface area contributed by atoms with E-state index in [4.69, 9.17) is 9.47 Å². The van der Waals surface area contributed by atoms with Crippen LogP contribution in [0.4, 0.5) is 4.79 Å². The molecule has 2 aliphatic carbocycles. The van der Waals surface area contributed by atoms with Gasteiger partial charge in [-0.15, -0.1) is 5.10 Å². The van der Waals surface area contributed by atoms with Crippen LogP contribution in [0.25, 0.3) is 11.4 Å². The highest BCUT2D eigenvalue weighted by Gasteiger charge is 2.37. The number of hydrogen-bond donors (Lipinski definition) is 1. The molecule has 32 heavy (non-hydrogen) atoms. The van der Waals surface area contributed by atoms with Gasteiger partial charge in [0.2, 0.25) is 0 Å². The normalized spacial score (nSPS) is 20.2. The number of aliphatic carboxylic acids is 1. The fraction of sp³-hybridized carbons (Fsp3) is 0.591. The number of carboxylic acid groups (broad SMARTS) is 1. The standard InChI is InChI=1S/C22H29N5O5/c1-13-19(31-11-14-7-8-16(14)21(28)29)10-9-17(23-13)20-18(27(3)25-24-20)12-32-22(30)26(2)15-5-4-6-15/h9-10,14-16H,4-8,11-12H2,1-3H3,(H,28,29)/t14-,16+/m0/s1. The predicted octanol–water partition coefficient (Wildman–Crippen LogP) is 2.80. The van der Waals surface area contributed by atoms with E-state index in [0.717, 1.165) is 25.7 Å². The number of hydrogen-bond acceptors (Lipinski definition) is 7. The number of amides is 1. The van der Waals surface area contributed by atoms with Crippen molar-refractivity contribution < 1.29 is 24.2 Å². The summed E-state index contributed by atoms with van der Waals surface area (Å²) in [4.78, 5) is 29.8. The SMILES string of the molecule is Cc1nc(-c2nnn(C)c2COC(=O)N(C)C2CCC2)ccc1OC[C@@H]1CC[C@H]1C(=O)O. The quantitative estimate of drug-likeness (QED) is 0.661. The molecule has 2 aromatic rings. The Morgan fingerprint density at radius 2 is 2.03 bits per heavy atom. The molecule has 2 atom stereocenters. The first-order valence-corrected chi connectivity index (χ1v) is 11.0. The molecule has 172 valence electrons. The molecule has 0 bridgehead atoms. The second-order valence-electron chi connectivity index (χ2n) is 8.63. The number of pyridine rings is 1. The van der Waals surface area contributed by atoms with Crippen LogP contribution >= 0.6 is 0 Å². The number of nitrogens with zero attached hydrogens (tertiary/aromatic N) is 5. The summed E-state index contributed by atoms with van der Waals surface area (Å²) in [6, 6.07) is 3.85. The zero-order chi connectivity index (χ0) is 22.8. The third kappa shape index (κ3) is 4.39.